The summed E-state index contributed by atoms with van der Waals surface area (Å²) in [5.41, 5.74) is 0.951. The number of para-hydroxylation sites is 2. The van der Waals surface area contributed by atoms with Gasteiger partial charge in [0.15, 0.2) is 11.5 Å². The summed E-state index contributed by atoms with van der Waals surface area (Å²) in [6, 6.07) is 17.0. The van der Waals surface area contributed by atoms with Gasteiger partial charge in [0.2, 0.25) is 0 Å². The van der Waals surface area contributed by atoms with Gasteiger partial charge in [0, 0.05) is 0 Å². The van der Waals surface area contributed by atoms with Crippen molar-refractivity contribution in [3.63, 3.8) is 0 Å². The van der Waals surface area contributed by atoms with Crippen molar-refractivity contribution in [2.24, 2.45) is 0 Å². The minimum Gasteiger partial charge on any atom is -0.493 e. The molecule has 0 bridgehead atoms. The SMILES string of the molecule is COc1ccccc1OCC(C=O)c1ccccc1. The average Bonchev–Trinajstić information content (AvgIpc) is 2.49. The van der Waals surface area contributed by atoms with Crippen LogP contribution in [0, 0.1) is 0 Å². The molecule has 0 aliphatic carbocycles. The molecular formula is C16H16O3. The van der Waals surface area contributed by atoms with E-state index < -0.39 is 0 Å². The van der Waals surface area contributed by atoms with Crippen molar-refractivity contribution in [1.29, 1.82) is 0 Å². The molecule has 0 N–H and O–H groups in total. The van der Waals surface area contributed by atoms with Crippen LogP contribution in [0.1, 0.15) is 11.5 Å². The Morgan fingerprint density at radius 1 is 1.00 bits per heavy atom. The van der Waals surface area contributed by atoms with E-state index in [4.69, 9.17) is 9.47 Å². The third-order valence-corrected chi connectivity index (χ3v) is 2.88. The Hall–Kier alpha value is -2.29. The summed E-state index contributed by atoms with van der Waals surface area (Å²) in [4.78, 5) is 11.2. The fourth-order valence-corrected chi connectivity index (χ4v) is 1.83. The molecule has 3 nitrogen and oxygen atoms in total. The van der Waals surface area contributed by atoms with E-state index in [1.165, 1.54) is 0 Å². The third kappa shape index (κ3) is 3.35. The van der Waals surface area contributed by atoms with Crippen molar-refractivity contribution in [2.75, 3.05) is 13.7 Å². The second kappa shape index (κ2) is 6.59. The zero-order valence-electron chi connectivity index (χ0n) is 10.8. The molecule has 2 rings (SSSR count). The Morgan fingerprint density at radius 2 is 1.63 bits per heavy atom. The molecule has 2 aromatic rings. The van der Waals surface area contributed by atoms with Crippen LogP contribution >= 0.6 is 0 Å². The molecule has 0 fully saturated rings. The van der Waals surface area contributed by atoms with Gasteiger partial charge in [0.25, 0.3) is 0 Å². The van der Waals surface area contributed by atoms with Crippen LogP contribution in [0.5, 0.6) is 11.5 Å². The van der Waals surface area contributed by atoms with Crippen LogP contribution in [0.2, 0.25) is 0 Å². The van der Waals surface area contributed by atoms with E-state index in [1.54, 1.807) is 7.11 Å². The second-order valence-corrected chi connectivity index (χ2v) is 4.12. The van der Waals surface area contributed by atoms with Gasteiger partial charge in [-0.1, -0.05) is 42.5 Å². The highest BCUT2D eigenvalue weighted by molar-refractivity contribution is 5.62. The number of methoxy groups -OCH3 is 1. The van der Waals surface area contributed by atoms with Gasteiger partial charge in [-0.05, 0) is 17.7 Å². The summed E-state index contributed by atoms with van der Waals surface area (Å²) >= 11 is 0. The normalized spacial score (nSPS) is 11.6. The maximum atomic E-state index is 11.2. The fraction of sp³-hybridized carbons (Fsp3) is 0.188. The lowest BCUT2D eigenvalue weighted by molar-refractivity contribution is -0.109. The van der Waals surface area contributed by atoms with Crippen molar-refractivity contribution < 1.29 is 14.3 Å². The van der Waals surface area contributed by atoms with Crippen molar-refractivity contribution in [1.82, 2.24) is 0 Å². The van der Waals surface area contributed by atoms with Gasteiger partial charge in [-0.2, -0.15) is 0 Å². The Morgan fingerprint density at radius 3 is 2.26 bits per heavy atom. The molecule has 3 heteroatoms. The molecule has 1 atom stereocenters. The Bertz CT molecular complexity index is 523. The monoisotopic (exact) mass is 256 g/mol. The van der Waals surface area contributed by atoms with E-state index in [0.29, 0.717) is 18.1 Å². The van der Waals surface area contributed by atoms with Crippen LogP contribution in [0.4, 0.5) is 0 Å². The van der Waals surface area contributed by atoms with E-state index in [9.17, 15) is 4.79 Å². The zero-order chi connectivity index (χ0) is 13.5. The Kier molecular flexibility index (Phi) is 4.56. The average molecular weight is 256 g/mol. The van der Waals surface area contributed by atoms with Crippen molar-refractivity contribution >= 4 is 6.29 Å². The first kappa shape index (κ1) is 13.1. The molecule has 19 heavy (non-hydrogen) atoms. The highest BCUT2D eigenvalue weighted by Crippen LogP contribution is 2.27. The highest BCUT2D eigenvalue weighted by Gasteiger charge is 2.12. The number of ether oxygens (including phenoxy) is 2. The number of rotatable bonds is 6. The smallest absolute Gasteiger partial charge is 0.161 e. The Balaban J connectivity index is 2.06. The molecule has 0 spiro atoms. The maximum absolute atomic E-state index is 11.2. The van der Waals surface area contributed by atoms with Gasteiger partial charge >= 0.3 is 0 Å². The van der Waals surface area contributed by atoms with Crippen LogP contribution in [-0.2, 0) is 4.79 Å². The first-order chi connectivity index (χ1) is 9.35. The predicted octanol–water partition coefficient (Wildman–Crippen LogP) is 3.06. The topological polar surface area (TPSA) is 35.5 Å². The quantitative estimate of drug-likeness (QED) is 0.745. The van der Waals surface area contributed by atoms with Gasteiger partial charge in [0.1, 0.15) is 12.9 Å². The molecule has 98 valence electrons. The number of carbonyl (C=O) groups is 1. The van der Waals surface area contributed by atoms with Gasteiger partial charge in [-0.25, -0.2) is 0 Å². The maximum Gasteiger partial charge on any atom is 0.161 e. The molecule has 0 aliphatic rings. The minimum atomic E-state index is -0.272. The molecule has 0 saturated heterocycles. The summed E-state index contributed by atoms with van der Waals surface area (Å²) in [5, 5.41) is 0. The first-order valence-electron chi connectivity index (χ1n) is 6.11. The van der Waals surface area contributed by atoms with E-state index in [2.05, 4.69) is 0 Å². The summed E-state index contributed by atoms with van der Waals surface area (Å²) in [7, 11) is 1.59. The van der Waals surface area contributed by atoms with Crippen molar-refractivity contribution in [3.05, 3.63) is 60.2 Å². The third-order valence-electron chi connectivity index (χ3n) is 2.88. The largest absolute Gasteiger partial charge is 0.493 e. The van der Waals surface area contributed by atoms with Crippen molar-refractivity contribution in [2.45, 2.75) is 5.92 Å². The van der Waals surface area contributed by atoms with Gasteiger partial charge in [0.05, 0.1) is 13.0 Å². The van der Waals surface area contributed by atoms with E-state index in [-0.39, 0.29) is 5.92 Å². The standard InChI is InChI=1S/C16H16O3/c1-18-15-9-5-6-10-16(15)19-12-14(11-17)13-7-3-2-4-8-13/h2-11,14H,12H2,1H3. The van der Waals surface area contributed by atoms with Gasteiger partial charge in [-0.15, -0.1) is 0 Å². The van der Waals surface area contributed by atoms with E-state index in [0.717, 1.165) is 11.8 Å². The predicted molar refractivity (Wildman–Crippen MR) is 73.7 cm³/mol. The first-order valence-corrected chi connectivity index (χ1v) is 6.11. The number of carbonyl (C=O) groups excluding carboxylic acids is 1. The lowest BCUT2D eigenvalue weighted by Crippen LogP contribution is -2.12. The zero-order valence-corrected chi connectivity index (χ0v) is 10.8. The highest BCUT2D eigenvalue weighted by atomic mass is 16.5. The van der Waals surface area contributed by atoms with Crippen molar-refractivity contribution in [3.8, 4) is 11.5 Å². The van der Waals surface area contributed by atoms with Crippen LogP contribution in [0.15, 0.2) is 54.6 Å². The molecule has 0 saturated carbocycles. The summed E-state index contributed by atoms with van der Waals surface area (Å²) in [6.07, 6.45) is 0.907. The molecule has 2 aromatic carbocycles. The molecular weight excluding hydrogens is 240 g/mol. The summed E-state index contributed by atoms with van der Waals surface area (Å²) in [5.74, 6) is 1.04. The summed E-state index contributed by atoms with van der Waals surface area (Å²) in [6.45, 7) is 0.299. The molecule has 0 radical (unpaired) electrons. The summed E-state index contributed by atoms with van der Waals surface area (Å²) < 4.78 is 10.9. The van der Waals surface area contributed by atoms with Crippen LogP contribution in [-0.4, -0.2) is 20.0 Å². The van der Waals surface area contributed by atoms with Crippen LogP contribution < -0.4 is 9.47 Å². The number of benzene rings is 2. The van der Waals surface area contributed by atoms with Crippen LogP contribution in [0.25, 0.3) is 0 Å². The number of aldehydes is 1. The minimum absolute atomic E-state index is 0.272. The molecule has 0 aliphatic heterocycles. The van der Waals surface area contributed by atoms with Crippen LogP contribution in [0.3, 0.4) is 0 Å². The lowest BCUT2D eigenvalue weighted by Gasteiger charge is -2.14. The molecule has 1 unspecified atom stereocenters. The second-order valence-electron chi connectivity index (χ2n) is 4.12. The van der Waals surface area contributed by atoms with Gasteiger partial charge in [-0.3, -0.25) is 0 Å². The lowest BCUT2D eigenvalue weighted by atomic mass is 10.0. The number of hydrogen-bond acceptors (Lipinski definition) is 3. The molecule has 0 amide bonds. The Labute approximate surface area is 112 Å². The van der Waals surface area contributed by atoms with Gasteiger partial charge < -0.3 is 14.3 Å². The van der Waals surface area contributed by atoms with E-state index in [1.807, 2.05) is 54.6 Å². The van der Waals surface area contributed by atoms with E-state index >= 15 is 0 Å². The molecule has 0 heterocycles. The molecule has 0 aromatic heterocycles. The number of hydrogen-bond donors (Lipinski definition) is 0. The fourth-order valence-electron chi connectivity index (χ4n) is 1.83.